The molecule has 118 valence electrons. The Morgan fingerprint density at radius 1 is 1.26 bits per heavy atom. The number of benzene rings is 1. The number of rotatable bonds is 4. The van der Waals surface area contributed by atoms with Gasteiger partial charge in [0.2, 0.25) is 5.91 Å². The second kappa shape index (κ2) is 6.55. The number of carbonyl (C=O) groups is 1. The predicted octanol–water partition coefficient (Wildman–Crippen LogP) is 3.13. The highest BCUT2D eigenvalue weighted by molar-refractivity contribution is 7.99. The first kappa shape index (κ1) is 15.8. The summed E-state index contributed by atoms with van der Waals surface area (Å²) >= 11 is 7.14. The predicted molar refractivity (Wildman–Crippen MR) is 91.1 cm³/mol. The average Bonchev–Trinajstić information content (AvgIpc) is 2.91. The lowest BCUT2D eigenvalue weighted by molar-refractivity contribution is -0.113. The van der Waals surface area contributed by atoms with Crippen LogP contribution in [0.15, 0.2) is 35.5 Å². The van der Waals surface area contributed by atoms with Crippen molar-refractivity contribution < 1.29 is 4.79 Å². The van der Waals surface area contributed by atoms with Gasteiger partial charge in [0.05, 0.1) is 5.75 Å². The fraction of sp³-hybridized carbons (Fsp3) is 0.200. The van der Waals surface area contributed by atoms with Crippen molar-refractivity contribution in [3.63, 3.8) is 0 Å². The first-order valence-corrected chi connectivity index (χ1v) is 8.27. The van der Waals surface area contributed by atoms with E-state index in [4.69, 9.17) is 11.6 Å². The first-order valence-electron chi connectivity index (χ1n) is 6.90. The normalized spacial score (nSPS) is 10.9. The number of carbonyl (C=O) groups excluding carboxylic acids is 1. The number of nitrogens with one attached hydrogen (secondary N) is 1. The number of thioether (sulfide) groups is 1. The summed E-state index contributed by atoms with van der Waals surface area (Å²) in [4.78, 5) is 16.4. The molecule has 0 spiro atoms. The molecule has 8 heteroatoms. The molecule has 1 aromatic carbocycles. The molecule has 1 amide bonds. The maximum Gasteiger partial charge on any atom is 0.256 e. The molecule has 0 saturated heterocycles. The molecule has 23 heavy (non-hydrogen) atoms. The van der Waals surface area contributed by atoms with Crippen molar-refractivity contribution in [2.24, 2.45) is 0 Å². The number of aryl methyl sites for hydroxylation is 2. The summed E-state index contributed by atoms with van der Waals surface area (Å²) in [7, 11) is 0. The van der Waals surface area contributed by atoms with Crippen LogP contribution in [0.4, 0.5) is 5.69 Å². The van der Waals surface area contributed by atoms with Gasteiger partial charge in [0, 0.05) is 22.1 Å². The molecule has 0 atom stereocenters. The average molecular weight is 348 g/mol. The molecule has 0 unspecified atom stereocenters. The molecule has 1 N–H and O–H groups in total. The Morgan fingerprint density at radius 3 is 2.74 bits per heavy atom. The largest absolute Gasteiger partial charge is 0.325 e. The van der Waals surface area contributed by atoms with Crippen LogP contribution in [0.25, 0.3) is 5.78 Å². The number of hydrogen-bond acceptors (Lipinski definition) is 5. The van der Waals surface area contributed by atoms with E-state index in [1.54, 1.807) is 24.3 Å². The Kier molecular flexibility index (Phi) is 4.49. The molecule has 3 rings (SSSR count). The van der Waals surface area contributed by atoms with Crippen molar-refractivity contribution in [3.05, 3.63) is 46.7 Å². The van der Waals surface area contributed by atoms with Crippen LogP contribution in [-0.4, -0.2) is 31.2 Å². The lowest BCUT2D eigenvalue weighted by Crippen LogP contribution is -2.14. The van der Waals surface area contributed by atoms with Gasteiger partial charge in [-0.2, -0.15) is 0 Å². The molecule has 6 nitrogen and oxygen atoms in total. The number of hydrogen-bond donors (Lipinski definition) is 1. The zero-order valence-corrected chi connectivity index (χ0v) is 14.1. The minimum atomic E-state index is -0.119. The van der Waals surface area contributed by atoms with Crippen LogP contribution in [0.2, 0.25) is 5.02 Å². The summed E-state index contributed by atoms with van der Waals surface area (Å²) in [5.41, 5.74) is 2.58. The fourth-order valence-electron chi connectivity index (χ4n) is 2.15. The second-order valence-electron chi connectivity index (χ2n) is 5.00. The molecule has 0 aliphatic rings. The number of anilines is 1. The third kappa shape index (κ3) is 3.62. The highest BCUT2D eigenvalue weighted by atomic mass is 35.5. The van der Waals surface area contributed by atoms with Gasteiger partial charge in [0.25, 0.3) is 5.78 Å². The highest BCUT2D eigenvalue weighted by Gasteiger charge is 2.12. The van der Waals surface area contributed by atoms with Crippen molar-refractivity contribution in [1.82, 2.24) is 19.6 Å². The van der Waals surface area contributed by atoms with Crippen molar-refractivity contribution in [2.45, 2.75) is 19.0 Å². The van der Waals surface area contributed by atoms with E-state index in [0.717, 1.165) is 11.4 Å². The number of nitrogens with zero attached hydrogens (tertiary/aromatic N) is 4. The Balaban J connectivity index is 1.68. The van der Waals surface area contributed by atoms with Crippen molar-refractivity contribution in [3.8, 4) is 0 Å². The van der Waals surface area contributed by atoms with Crippen LogP contribution in [0.1, 0.15) is 11.4 Å². The molecule has 2 heterocycles. The van der Waals surface area contributed by atoms with Crippen LogP contribution in [0.5, 0.6) is 0 Å². The van der Waals surface area contributed by atoms with E-state index >= 15 is 0 Å². The second-order valence-corrected chi connectivity index (χ2v) is 6.38. The van der Waals surface area contributed by atoms with Gasteiger partial charge in [-0.15, -0.1) is 10.2 Å². The molecular formula is C15H14ClN5OS. The number of halogens is 1. The standard InChI is InChI=1S/C15H14ClN5OS/c1-9-7-10(2)21-14(17-9)19-20-15(21)23-8-13(22)18-12-5-3-11(16)4-6-12/h3-7H,8H2,1-2H3,(H,18,22). The van der Waals surface area contributed by atoms with Gasteiger partial charge in [-0.05, 0) is 44.2 Å². The van der Waals surface area contributed by atoms with Crippen LogP contribution in [-0.2, 0) is 4.79 Å². The fourth-order valence-corrected chi connectivity index (χ4v) is 3.07. The van der Waals surface area contributed by atoms with Gasteiger partial charge < -0.3 is 5.32 Å². The molecule has 0 radical (unpaired) electrons. The molecule has 2 aromatic heterocycles. The molecule has 0 bridgehead atoms. The molecular weight excluding hydrogens is 334 g/mol. The number of amides is 1. The maximum atomic E-state index is 12.0. The highest BCUT2D eigenvalue weighted by Crippen LogP contribution is 2.19. The smallest absolute Gasteiger partial charge is 0.256 e. The van der Waals surface area contributed by atoms with Crippen LogP contribution < -0.4 is 5.32 Å². The SMILES string of the molecule is Cc1cc(C)n2c(SCC(=O)Nc3ccc(Cl)cc3)nnc2n1. The zero-order chi connectivity index (χ0) is 16.4. The molecule has 0 saturated carbocycles. The quantitative estimate of drug-likeness (QED) is 0.734. The molecule has 3 aromatic rings. The lowest BCUT2D eigenvalue weighted by Gasteiger charge is -2.06. The van der Waals surface area contributed by atoms with Crippen LogP contribution >= 0.6 is 23.4 Å². The van der Waals surface area contributed by atoms with Gasteiger partial charge >= 0.3 is 0 Å². The Bertz CT molecular complexity index is 862. The lowest BCUT2D eigenvalue weighted by atomic mass is 10.3. The van der Waals surface area contributed by atoms with Crippen molar-refractivity contribution in [2.75, 3.05) is 11.1 Å². The van der Waals surface area contributed by atoms with Crippen LogP contribution in [0, 0.1) is 13.8 Å². The summed E-state index contributed by atoms with van der Waals surface area (Å²) in [6.45, 7) is 3.87. The molecule has 0 aliphatic carbocycles. The number of aromatic nitrogens is 4. The monoisotopic (exact) mass is 347 g/mol. The van der Waals surface area contributed by atoms with E-state index in [-0.39, 0.29) is 11.7 Å². The summed E-state index contributed by atoms with van der Waals surface area (Å²) in [6.07, 6.45) is 0. The minimum Gasteiger partial charge on any atom is -0.325 e. The van der Waals surface area contributed by atoms with Gasteiger partial charge in [-0.3, -0.25) is 9.20 Å². The Labute approximate surface area is 142 Å². The van der Waals surface area contributed by atoms with E-state index in [2.05, 4.69) is 20.5 Å². The van der Waals surface area contributed by atoms with Gasteiger partial charge in [-0.25, -0.2) is 4.98 Å². The van der Waals surface area contributed by atoms with Gasteiger partial charge in [-0.1, -0.05) is 23.4 Å². The Hall–Kier alpha value is -2.12. The third-order valence-electron chi connectivity index (χ3n) is 3.12. The Morgan fingerprint density at radius 2 is 2.00 bits per heavy atom. The minimum absolute atomic E-state index is 0.119. The van der Waals surface area contributed by atoms with E-state index in [1.807, 2.05) is 24.3 Å². The first-order chi connectivity index (χ1) is 11.0. The van der Waals surface area contributed by atoms with Gasteiger partial charge in [0.15, 0.2) is 5.16 Å². The zero-order valence-electron chi connectivity index (χ0n) is 12.6. The summed E-state index contributed by atoms with van der Waals surface area (Å²) < 4.78 is 1.84. The van der Waals surface area contributed by atoms with E-state index < -0.39 is 0 Å². The van der Waals surface area contributed by atoms with Crippen molar-refractivity contribution >= 4 is 40.7 Å². The maximum absolute atomic E-state index is 12.0. The van der Waals surface area contributed by atoms with E-state index in [9.17, 15) is 4.79 Å². The molecule has 0 aliphatic heterocycles. The van der Waals surface area contributed by atoms with E-state index in [0.29, 0.717) is 21.6 Å². The summed E-state index contributed by atoms with van der Waals surface area (Å²) in [5, 5.41) is 12.2. The topological polar surface area (TPSA) is 72.2 Å². The third-order valence-corrected chi connectivity index (χ3v) is 4.30. The number of fused-ring (bicyclic) bond motifs is 1. The van der Waals surface area contributed by atoms with Gasteiger partial charge in [0.1, 0.15) is 0 Å². The summed E-state index contributed by atoms with van der Waals surface area (Å²) in [5.74, 6) is 0.659. The molecule has 0 fully saturated rings. The van der Waals surface area contributed by atoms with E-state index in [1.165, 1.54) is 11.8 Å². The van der Waals surface area contributed by atoms with Crippen molar-refractivity contribution in [1.29, 1.82) is 0 Å². The summed E-state index contributed by atoms with van der Waals surface area (Å²) in [6, 6.07) is 8.93. The van der Waals surface area contributed by atoms with Crippen LogP contribution in [0.3, 0.4) is 0 Å².